The number of imidazole rings is 1. The van der Waals surface area contributed by atoms with Gasteiger partial charge >= 0.3 is 11.4 Å². The second kappa shape index (κ2) is 7.47. The van der Waals surface area contributed by atoms with Crippen LogP contribution in [0.5, 0.6) is 0 Å². The molecule has 3 rings (SSSR count). The molecule has 25 heavy (non-hydrogen) atoms. The maximum Gasteiger partial charge on any atom is 0.344 e. The summed E-state index contributed by atoms with van der Waals surface area (Å²) >= 11 is 0. The summed E-state index contributed by atoms with van der Waals surface area (Å²) in [6.45, 7) is 0.617. The Morgan fingerprint density at radius 1 is 1.12 bits per heavy atom. The molecule has 0 fully saturated rings. The summed E-state index contributed by atoms with van der Waals surface area (Å²) in [5.41, 5.74) is -0.0775. The van der Waals surface area contributed by atoms with Gasteiger partial charge in [-0.3, -0.25) is 4.79 Å². The van der Waals surface area contributed by atoms with Gasteiger partial charge in [-0.15, -0.1) is 0 Å². The van der Waals surface area contributed by atoms with Gasteiger partial charge in [-0.05, 0) is 12.0 Å². The number of nitrogens with one attached hydrogen (secondary N) is 3. The van der Waals surface area contributed by atoms with Crippen LogP contribution < -0.4 is 16.7 Å². The van der Waals surface area contributed by atoms with Crippen molar-refractivity contribution in [2.24, 2.45) is 0 Å². The molecule has 0 atom stereocenters. The first-order chi connectivity index (χ1) is 12.1. The lowest BCUT2D eigenvalue weighted by molar-refractivity contribution is -0.122. The molecule has 0 saturated carbocycles. The van der Waals surface area contributed by atoms with Crippen LogP contribution in [0.2, 0.25) is 0 Å². The molecule has 0 bridgehead atoms. The molecule has 9 heteroatoms. The molecule has 2 aromatic heterocycles. The summed E-state index contributed by atoms with van der Waals surface area (Å²) in [6, 6.07) is 10.1. The maximum absolute atomic E-state index is 11.9. The Morgan fingerprint density at radius 2 is 1.84 bits per heavy atom. The zero-order valence-corrected chi connectivity index (χ0v) is 13.4. The molecule has 0 radical (unpaired) electrons. The molecule has 0 spiro atoms. The third-order valence-electron chi connectivity index (χ3n) is 3.80. The number of nitrogens with zero attached hydrogens (tertiary/aromatic N) is 3. The van der Waals surface area contributed by atoms with Gasteiger partial charge in [-0.25, -0.2) is 29.3 Å². The molecule has 1 amide bonds. The number of aromatic nitrogens is 5. The fourth-order valence-electron chi connectivity index (χ4n) is 2.46. The highest BCUT2D eigenvalue weighted by atomic mass is 16.2. The minimum Gasteiger partial charge on any atom is -0.347 e. The van der Waals surface area contributed by atoms with Crippen LogP contribution in [0, 0.1) is 0 Å². The van der Waals surface area contributed by atoms with Crippen molar-refractivity contribution < 1.29 is 4.79 Å². The normalized spacial score (nSPS) is 10.7. The summed E-state index contributed by atoms with van der Waals surface area (Å²) in [7, 11) is 0. The standard InChI is InChI=1S/C16H18N6O3/c23-14(11-22-15(24)19-20-16(22)25)18-10-13-17-7-9-21(13)8-6-12-4-2-1-3-5-12/h1-5,7,9H,6,8,10-11H2,(H,18,23)(H,19,24)(H,20,25). The molecule has 3 aromatic rings. The highest BCUT2D eigenvalue weighted by molar-refractivity contribution is 5.75. The first-order valence-corrected chi connectivity index (χ1v) is 7.81. The van der Waals surface area contributed by atoms with Gasteiger partial charge in [0.1, 0.15) is 12.4 Å². The minimum atomic E-state index is -0.649. The molecule has 0 aliphatic heterocycles. The lowest BCUT2D eigenvalue weighted by atomic mass is 10.1. The largest absolute Gasteiger partial charge is 0.347 e. The number of carbonyl (C=O) groups is 1. The lowest BCUT2D eigenvalue weighted by Gasteiger charge is -2.09. The molecular weight excluding hydrogens is 324 g/mol. The van der Waals surface area contributed by atoms with Gasteiger partial charge in [-0.1, -0.05) is 30.3 Å². The van der Waals surface area contributed by atoms with E-state index in [2.05, 4.69) is 32.6 Å². The maximum atomic E-state index is 11.9. The van der Waals surface area contributed by atoms with E-state index in [1.165, 1.54) is 5.56 Å². The molecule has 0 saturated heterocycles. The Labute approximate surface area is 142 Å². The van der Waals surface area contributed by atoms with Crippen LogP contribution in [0.15, 0.2) is 52.3 Å². The number of hydrogen-bond acceptors (Lipinski definition) is 4. The fourth-order valence-corrected chi connectivity index (χ4v) is 2.46. The van der Waals surface area contributed by atoms with Crippen LogP contribution in [0.3, 0.4) is 0 Å². The summed E-state index contributed by atoms with van der Waals surface area (Å²) in [5.74, 6) is 0.268. The quantitative estimate of drug-likeness (QED) is 0.542. The Bertz CT molecular complexity index is 922. The molecule has 9 nitrogen and oxygen atoms in total. The predicted molar refractivity (Wildman–Crippen MR) is 89.9 cm³/mol. The summed E-state index contributed by atoms with van der Waals surface area (Å²) in [5, 5.41) is 6.92. The van der Waals surface area contributed by atoms with Crippen molar-refractivity contribution in [1.82, 2.24) is 29.6 Å². The second-order valence-electron chi connectivity index (χ2n) is 5.50. The van der Waals surface area contributed by atoms with E-state index in [9.17, 15) is 14.4 Å². The van der Waals surface area contributed by atoms with Gasteiger partial charge in [0.05, 0.1) is 6.54 Å². The topological polar surface area (TPSA) is 118 Å². The van der Waals surface area contributed by atoms with E-state index in [-0.39, 0.29) is 13.1 Å². The Balaban J connectivity index is 1.55. The molecule has 0 unspecified atom stereocenters. The van der Waals surface area contributed by atoms with Crippen molar-refractivity contribution >= 4 is 5.91 Å². The molecular formula is C16H18N6O3. The molecule has 130 valence electrons. The lowest BCUT2D eigenvalue weighted by Crippen LogP contribution is -2.36. The van der Waals surface area contributed by atoms with Crippen LogP contribution in [0.4, 0.5) is 0 Å². The number of H-pyrrole nitrogens is 2. The molecule has 3 N–H and O–H groups in total. The number of aryl methyl sites for hydroxylation is 2. The third kappa shape index (κ3) is 4.14. The van der Waals surface area contributed by atoms with Crippen LogP contribution >= 0.6 is 0 Å². The van der Waals surface area contributed by atoms with Gasteiger partial charge in [0.25, 0.3) is 0 Å². The van der Waals surface area contributed by atoms with E-state index in [0.717, 1.165) is 17.5 Å². The van der Waals surface area contributed by atoms with Crippen molar-refractivity contribution in [1.29, 1.82) is 0 Å². The second-order valence-corrected chi connectivity index (χ2v) is 5.50. The smallest absolute Gasteiger partial charge is 0.344 e. The van der Waals surface area contributed by atoms with E-state index < -0.39 is 17.3 Å². The number of carbonyl (C=O) groups excluding carboxylic acids is 1. The molecule has 0 aliphatic rings. The average molecular weight is 342 g/mol. The van der Waals surface area contributed by atoms with Crippen LogP contribution in [0.25, 0.3) is 0 Å². The SMILES string of the molecule is O=C(Cn1c(=O)[nH][nH]c1=O)NCc1nccn1CCc1ccccc1. The number of amides is 1. The Hall–Kier alpha value is -3.36. The number of benzene rings is 1. The van der Waals surface area contributed by atoms with Crippen LogP contribution in [0.1, 0.15) is 11.4 Å². The highest BCUT2D eigenvalue weighted by Gasteiger charge is 2.10. The number of rotatable bonds is 7. The fraction of sp³-hybridized carbons (Fsp3) is 0.250. The molecule has 0 aliphatic carbocycles. The van der Waals surface area contributed by atoms with Gasteiger partial charge in [0, 0.05) is 18.9 Å². The third-order valence-corrected chi connectivity index (χ3v) is 3.80. The molecule has 1 aromatic carbocycles. The van der Waals surface area contributed by atoms with E-state index >= 15 is 0 Å². The summed E-state index contributed by atoms with van der Waals surface area (Å²) < 4.78 is 2.75. The predicted octanol–water partition coefficient (Wildman–Crippen LogP) is -0.380. The van der Waals surface area contributed by atoms with E-state index in [1.54, 1.807) is 6.20 Å². The van der Waals surface area contributed by atoms with Crippen molar-refractivity contribution in [3.8, 4) is 0 Å². The van der Waals surface area contributed by atoms with E-state index in [0.29, 0.717) is 5.82 Å². The van der Waals surface area contributed by atoms with Gasteiger partial charge < -0.3 is 9.88 Å². The highest BCUT2D eigenvalue weighted by Crippen LogP contribution is 2.04. The first kappa shape index (κ1) is 16.5. The monoisotopic (exact) mass is 342 g/mol. The molecule has 2 heterocycles. The van der Waals surface area contributed by atoms with E-state index in [1.807, 2.05) is 29.0 Å². The van der Waals surface area contributed by atoms with Crippen molar-refractivity contribution in [2.45, 2.75) is 26.1 Å². The van der Waals surface area contributed by atoms with Crippen LogP contribution in [-0.4, -0.2) is 30.2 Å². The number of aromatic amines is 2. The van der Waals surface area contributed by atoms with Crippen molar-refractivity contribution in [2.75, 3.05) is 0 Å². The van der Waals surface area contributed by atoms with Gasteiger partial charge in [-0.2, -0.15) is 0 Å². The van der Waals surface area contributed by atoms with Gasteiger partial charge in [0.15, 0.2) is 0 Å². The average Bonchev–Trinajstić information content (AvgIpc) is 3.20. The zero-order valence-electron chi connectivity index (χ0n) is 13.4. The van der Waals surface area contributed by atoms with Gasteiger partial charge in [0.2, 0.25) is 5.91 Å². The zero-order chi connectivity index (χ0) is 17.6. The van der Waals surface area contributed by atoms with E-state index in [4.69, 9.17) is 0 Å². The van der Waals surface area contributed by atoms with Crippen LogP contribution in [-0.2, 0) is 30.8 Å². The first-order valence-electron chi connectivity index (χ1n) is 7.81. The Kier molecular flexibility index (Phi) is 4.93. The Morgan fingerprint density at radius 3 is 2.56 bits per heavy atom. The number of hydrogen-bond donors (Lipinski definition) is 3. The van der Waals surface area contributed by atoms with Crippen molar-refractivity contribution in [3.63, 3.8) is 0 Å². The van der Waals surface area contributed by atoms with Crippen molar-refractivity contribution in [3.05, 3.63) is 75.1 Å². The summed E-state index contributed by atoms with van der Waals surface area (Å²) in [6.07, 6.45) is 4.38. The minimum absolute atomic E-state index is 0.220. The summed E-state index contributed by atoms with van der Waals surface area (Å²) in [4.78, 5) is 38.9.